The second-order valence-corrected chi connectivity index (χ2v) is 6.87. The second-order valence-electron chi connectivity index (χ2n) is 3.53. The van der Waals surface area contributed by atoms with Crippen molar-refractivity contribution in [3.05, 3.63) is 51.3 Å². The number of rotatable bonds is 3. The van der Waals surface area contributed by atoms with Crippen LogP contribution in [-0.2, 0) is 10.0 Å². The summed E-state index contributed by atoms with van der Waals surface area (Å²) in [5.41, 5.74) is 0.228. The van der Waals surface area contributed by atoms with Gasteiger partial charge in [-0.1, -0.05) is 6.07 Å². The number of nitrogens with one attached hydrogen (secondary N) is 1. The first-order chi connectivity index (χ1) is 8.90. The molecule has 0 saturated carbocycles. The van der Waals surface area contributed by atoms with E-state index in [4.69, 9.17) is 0 Å². The summed E-state index contributed by atoms with van der Waals surface area (Å²) in [6.45, 7) is 0. The number of sulfonamides is 1. The fourth-order valence-electron chi connectivity index (χ4n) is 1.33. The highest BCUT2D eigenvalue weighted by molar-refractivity contribution is 9.11. The van der Waals surface area contributed by atoms with E-state index in [0.717, 1.165) is 0 Å². The minimum absolute atomic E-state index is 0.105. The smallest absolute Gasteiger partial charge is 0.278 e. The van der Waals surface area contributed by atoms with Crippen LogP contribution in [-0.4, -0.2) is 13.4 Å². The lowest BCUT2D eigenvalue weighted by molar-refractivity contribution is 0.597. The predicted molar refractivity (Wildman–Crippen MR) is 76.8 cm³/mol. The summed E-state index contributed by atoms with van der Waals surface area (Å²) >= 11 is 6.01. The predicted octanol–water partition coefficient (Wildman–Crippen LogP) is 3.55. The number of anilines is 1. The van der Waals surface area contributed by atoms with Crippen LogP contribution >= 0.6 is 31.9 Å². The highest BCUT2D eigenvalue weighted by Crippen LogP contribution is 2.29. The first-order valence-electron chi connectivity index (χ1n) is 4.98. The lowest BCUT2D eigenvalue weighted by Gasteiger charge is -2.08. The van der Waals surface area contributed by atoms with Gasteiger partial charge in [0.1, 0.15) is 0 Å². The van der Waals surface area contributed by atoms with Gasteiger partial charge >= 0.3 is 0 Å². The monoisotopic (exact) mass is 408 g/mol. The lowest BCUT2D eigenvalue weighted by atomic mass is 10.3. The van der Waals surface area contributed by atoms with E-state index in [1.807, 2.05) is 0 Å². The fraction of sp³-hybridized carbons (Fsp3) is 0. The van der Waals surface area contributed by atoms with Gasteiger partial charge in [0, 0.05) is 6.20 Å². The first kappa shape index (κ1) is 14.4. The molecule has 0 fully saturated rings. The van der Waals surface area contributed by atoms with E-state index in [2.05, 4.69) is 41.6 Å². The van der Waals surface area contributed by atoms with Gasteiger partial charge in [-0.25, -0.2) is 9.37 Å². The van der Waals surface area contributed by atoms with Crippen molar-refractivity contribution in [3.63, 3.8) is 0 Å². The molecule has 0 atom stereocenters. The minimum atomic E-state index is -3.78. The lowest BCUT2D eigenvalue weighted by Crippen LogP contribution is -2.14. The molecule has 4 nitrogen and oxygen atoms in total. The van der Waals surface area contributed by atoms with Gasteiger partial charge in [-0.15, -0.1) is 0 Å². The molecule has 1 N–H and O–H groups in total. The highest BCUT2D eigenvalue weighted by Gasteiger charge is 2.16. The van der Waals surface area contributed by atoms with Crippen LogP contribution in [0.15, 0.2) is 50.5 Å². The van der Waals surface area contributed by atoms with Gasteiger partial charge in [0.15, 0.2) is 10.8 Å². The number of hydrogen-bond donors (Lipinski definition) is 1. The second kappa shape index (κ2) is 5.56. The van der Waals surface area contributed by atoms with E-state index in [0.29, 0.717) is 0 Å². The summed E-state index contributed by atoms with van der Waals surface area (Å²) in [6, 6.07) is 7.22. The minimum Gasteiger partial charge on any atom is -0.278 e. The van der Waals surface area contributed by atoms with E-state index in [1.165, 1.54) is 24.4 Å². The van der Waals surface area contributed by atoms with Crippen LogP contribution in [0, 0.1) is 5.82 Å². The molecule has 8 heteroatoms. The number of nitrogens with zero attached hydrogens (tertiary/aromatic N) is 1. The summed E-state index contributed by atoms with van der Waals surface area (Å²) in [5.74, 6) is -0.499. The zero-order valence-electron chi connectivity index (χ0n) is 9.27. The summed E-state index contributed by atoms with van der Waals surface area (Å²) in [5, 5.41) is -0.105. The molecule has 1 aromatic heterocycles. The van der Waals surface area contributed by atoms with Crippen LogP contribution in [0.25, 0.3) is 0 Å². The zero-order chi connectivity index (χ0) is 14.0. The molecule has 1 heterocycles. The van der Waals surface area contributed by atoms with Gasteiger partial charge in [0.05, 0.1) is 14.6 Å². The quantitative estimate of drug-likeness (QED) is 0.788. The van der Waals surface area contributed by atoms with Crippen molar-refractivity contribution < 1.29 is 12.8 Å². The average molecular weight is 410 g/mol. The van der Waals surface area contributed by atoms with Crippen molar-refractivity contribution in [3.8, 4) is 0 Å². The molecule has 0 unspecified atom stereocenters. The molecule has 0 amide bonds. The highest BCUT2D eigenvalue weighted by atomic mass is 79.9. The topological polar surface area (TPSA) is 59.1 Å². The molecule has 0 saturated heterocycles. The maximum Gasteiger partial charge on any atom is 0.279 e. The van der Waals surface area contributed by atoms with Gasteiger partial charge in [0.25, 0.3) is 10.0 Å². The van der Waals surface area contributed by atoms with Crippen LogP contribution in [0.5, 0.6) is 0 Å². The summed E-state index contributed by atoms with van der Waals surface area (Å²) < 4.78 is 40.0. The number of pyridine rings is 1. The number of hydrogen-bond acceptors (Lipinski definition) is 3. The number of aromatic nitrogens is 1. The molecule has 0 bridgehead atoms. The van der Waals surface area contributed by atoms with E-state index >= 15 is 0 Å². The average Bonchev–Trinajstić information content (AvgIpc) is 2.36. The molecule has 0 spiro atoms. The third-order valence-electron chi connectivity index (χ3n) is 2.15. The van der Waals surface area contributed by atoms with Crippen LogP contribution in [0.4, 0.5) is 10.1 Å². The first-order valence-corrected chi connectivity index (χ1v) is 8.05. The van der Waals surface area contributed by atoms with E-state index in [-0.39, 0.29) is 19.7 Å². The Bertz CT molecular complexity index is 685. The molecule has 100 valence electrons. The van der Waals surface area contributed by atoms with Crippen LogP contribution in [0.1, 0.15) is 0 Å². The molecule has 19 heavy (non-hydrogen) atoms. The third kappa shape index (κ3) is 3.31. The van der Waals surface area contributed by atoms with Gasteiger partial charge < -0.3 is 0 Å². The maximum atomic E-state index is 13.4. The molecular formula is C11H7Br2FN2O2S. The Morgan fingerprint density at radius 2 is 1.79 bits per heavy atom. The van der Waals surface area contributed by atoms with Gasteiger partial charge in [0.2, 0.25) is 0 Å². The van der Waals surface area contributed by atoms with Gasteiger partial charge in [-0.2, -0.15) is 8.42 Å². The van der Waals surface area contributed by atoms with E-state index in [1.54, 1.807) is 12.1 Å². The molecule has 2 aromatic rings. The zero-order valence-corrected chi connectivity index (χ0v) is 13.3. The largest absolute Gasteiger partial charge is 0.279 e. The Kier molecular flexibility index (Phi) is 4.22. The van der Waals surface area contributed by atoms with E-state index in [9.17, 15) is 12.8 Å². The van der Waals surface area contributed by atoms with Crippen LogP contribution < -0.4 is 4.72 Å². The van der Waals surface area contributed by atoms with Crippen molar-refractivity contribution in [2.75, 3.05) is 4.72 Å². The summed E-state index contributed by atoms with van der Waals surface area (Å²) in [7, 11) is -3.78. The van der Waals surface area contributed by atoms with Crippen molar-refractivity contribution in [2.45, 2.75) is 5.03 Å². The number of halogens is 3. The SMILES string of the molecule is O=S(=O)(Nc1cc(Br)c(F)c(Br)c1)c1ccccn1. The third-order valence-corrected chi connectivity index (χ3v) is 4.60. The van der Waals surface area contributed by atoms with E-state index < -0.39 is 15.8 Å². The van der Waals surface area contributed by atoms with Crippen LogP contribution in [0.3, 0.4) is 0 Å². The Labute approximate surface area is 126 Å². The van der Waals surface area contributed by atoms with Crippen molar-refractivity contribution in [1.29, 1.82) is 0 Å². The Morgan fingerprint density at radius 1 is 1.16 bits per heavy atom. The molecule has 1 aromatic carbocycles. The normalized spacial score (nSPS) is 11.3. The van der Waals surface area contributed by atoms with Gasteiger partial charge in [-0.05, 0) is 56.1 Å². The van der Waals surface area contributed by atoms with Crippen molar-refractivity contribution in [1.82, 2.24) is 4.98 Å². The standard InChI is InChI=1S/C11H7Br2FN2O2S/c12-8-5-7(6-9(13)11(8)14)16-19(17,18)10-3-1-2-4-15-10/h1-6,16H. The molecule has 0 radical (unpaired) electrons. The summed E-state index contributed by atoms with van der Waals surface area (Å²) in [4.78, 5) is 3.76. The molecule has 0 aliphatic rings. The van der Waals surface area contributed by atoms with Gasteiger partial charge in [-0.3, -0.25) is 4.72 Å². The fourth-order valence-corrected chi connectivity index (χ4v) is 3.50. The molecular weight excluding hydrogens is 403 g/mol. The summed E-state index contributed by atoms with van der Waals surface area (Å²) in [6.07, 6.45) is 1.38. The Morgan fingerprint density at radius 3 is 2.32 bits per heavy atom. The van der Waals surface area contributed by atoms with Crippen molar-refractivity contribution >= 4 is 47.6 Å². The number of benzene rings is 1. The van der Waals surface area contributed by atoms with Crippen LogP contribution in [0.2, 0.25) is 0 Å². The maximum absolute atomic E-state index is 13.4. The molecule has 0 aliphatic carbocycles. The molecule has 2 rings (SSSR count). The van der Waals surface area contributed by atoms with Crippen molar-refractivity contribution in [2.24, 2.45) is 0 Å². The molecule has 0 aliphatic heterocycles. The Hall–Kier alpha value is -0.990. The Balaban J connectivity index is 2.37.